The van der Waals surface area contributed by atoms with Crippen LogP contribution >= 0.6 is 0 Å². The second-order valence-corrected chi connectivity index (χ2v) is 6.98. The van der Waals surface area contributed by atoms with Crippen molar-refractivity contribution in [1.82, 2.24) is 13.9 Å². The fraction of sp³-hybridized carbons (Fsp3) is 0.238. The Morgan fingerprint density at radius 1 is 0.885 bits per heavy atom. The predicted molar refractivity (Wildman–Crippen MR) is 99.3 cm³/mol. The number of nitrogens with zero attached hydrogens (tertiary/aromatic N) is 3. The van der Waals surface area contributed by atoms with Crippen molar-refractivity contribution < 1.29 is 0 Å². The summed E-state index contributed by atoms with van der Waals surface area (Å²) in [4.78, 5) is 26.0. The number of allylic oxidation sites excluding steroid dienone is 2. The first-order chi connectivity index (χ1) is 12.7. The van der Waals surface area contributed by atoms with Crippen molar-refractivity contribution in [2.75, 3.05) is 0 Å². The molecule has 0 spiro atoms. The third-order valence-corrected chi connectivity index (χ3v) is 5.74. The van der Waals surface area contributed by atoms with Gasteiger partial charge in [0.05, 0.1) is 6.04 Å². The zero-order chi connectivity index (χ0) is 17.9. The van der Waals surface area contributed by atoms with E-state index in [1.165, 1.54) is 4.57 Å². The molecule has 2 heterocycles. The Hall–Kier alpha value is -3.08. The van der Waals surface area contributed by atoms with Gasteiger partial charge in [0.1, 0.15) is 5.54 Å². The molecular weight excluding hydrogens is 326 g/mol. The molecule has 0 radical (unpaired) electrons. The monoisotopic (exact) mass is 345 g/mol. The molecule has 26 heavy (non-hydrogen) atoms. The number of aromatic nitrogens is 3. The number of hydrogen-bond acceptors (Lipinski definition) is 2. The zero-order valence-electron chi connectivity index (χ0n) is 14.5. The van der Waals surface area contributed by atoms with Crippen LogP contribution in [0.4, 0.5) is 0 Å². The molecule has 130 valence electrons. The quantitative estimate of drug-likeness (QED) is 0.670. The molecule has 0 saturated heterocycles. The fourth-order valence-corrected chi connectivity index (χ4v) is 4.69. The minimum atomic E-state index is -0.777. The third-order valence-electron chi connectivity index (χ3n) is 5.74. The van der Waals surface area contributed by atoms with E-state index in [1.807, 2.05) is 60.7 Å². The number of benzene rings is 2. The highest BCUT2D eigenvalue weighted by atomic mass is 16.2. The molecule has 1 aliphatic heterocycles. The summed E-state index contributed by atoms with van der Waals surface area (Å²) in [5.74, 6) is 0. The molecule has 0 fully saturated rings. The van der Waals surface area contributed by atoms with E-state index in [-0.39, 0.29) is 17.4 Å². The van der Waals surface area contributed by atoms with Gasteiger partial charge < -0.3 is 0 Å². The predicted octanol–water partition coefficient (Wildman–Crippen LogP) is 2.42. The average Bonchev–Trinajstić information content (AvgIpc) is 3.32. The maximum Gasteiger partial charge on any atom is 0.348 e. The van der Waals surface area contributed by atoms with Crippen molar-refractivity contribution in [3.8, 4) is 0 Å². The van der Waals surface area contributed by atoms with E-state index in [1.54, 1.807) is 16.4 Å². The average molecular weight is 345 g/mol. The van der Waals surface area contributed by atoms with Crippen molar-refractivity contribution in [2.24, 2.45) is 7.05 Å². The smallest absolute Gasteiger partial charge is 0.246 e. The molecule has 1 aliphatic carbocycles. The molecule has 1 aromatic heterocycles. The highest BCUT2D eigenvalue weighted by Gasteiger charge is 2.54. The first-order valence-electron chi connectivity index (χ1n) is 8.90. The standard InChI is InChI=1S/C21H19N3O2/c1-22-19(25)23-18-14-8-13-17(18)21(24(23)20(22)26,15-9-4-2-5-10-15)16-11-6-3-7-12-16/h2-7,9-13,18H,8,14H2,1H3. The number of fused-ring (bicyclic) bond motifs is 3. The largest absolute Gasteiger partial charge is 0.348 e. The Morgan fingerprint density at radius 3 is 2.04 bits per heavy atom. The molecule has 3 aromatic rings. The minimum absolute atomic E-state index is 0.0724. The maximum atomic E-state index is 13.2. The van der Waals surface area contributed by atoms with E-state index in [0.29, 0.717) is 0 Å². The topological polar surface area (TPSA) is 48.9 Å². The normalized spacial score (nSPS) is 19.9. The summed E-state index contributed by atoms with van der Waals surface area (Å²) >= 11 is 0. The molecule has 5 rings (SSSR count). The number of rotatable bonds is 2. The third kappa shape index (κ3) is 1.65. The molecule has 0 saturated carbocycles. The summed E-state index contributed by atoms with van der Waals surface area (Å²) in [7, 11) is 1.56. The van der Waals surface area contributed by atoms with Crippen LogP contribution in [0.2, 0.25) is 0 Å². The van der Waals surface area contributed by atoms with Gasteiger partial charge in [-0.2, -0.15) is 0 Å². The van der Waals surface area contributed by atoms with E-state index in [9.17, 15) is 9.59 Å². The van der Waals surface area contributed by atoms with Gasteiger partial charge in [-0.15, -0.1) is 0 Å². The van der Waals surface area contributed by atoms with Crippen molar-refractivity contribution in [3.05, 3.63) is 104 Å². The van der Waals surface area contributed by atoms with Gasteiger partial charge in [0.2, 0.25) is 0 Å². The Balaban J connectivity index is 2.00. The van der Waals surface area contributed by atoms with E-state index in [2.05, 4.69) is 6.08 Å². The molecule has 0 amide bonds. The number of hydrogen-bond donors (Lipinski definition) is 0. The van der Waals surface area contributed by atoms with Gasteiger partial charge >= 0.3 is 11.4 Å². The van der Waals surface area contributed by atoms with E-state index in [0.717, 1.165) is 29.5 Å². The first-order valence-corrected chi connectivity index (χ1v) is 8.90. The van der Waals surface area contributed by atoms with Crippen LogP contribution in [0.15, 0.2) is 81.9 Å². The van der Waals surface area contributed by atoms with Crippen LogP contribution in [0.1, 0.15) is 30.0 Å². The lowest BCUT2D eigenvalue weighted by Crippen LogP contribution is -2.43. The maximum absolute atomic E-state index is 13.2. The summed E-state index contributed by atoms with van der Waals surface area (Å²) in [6.45, 7) is 0. The summed E-state index contributed by atoms with van der Waals surface area (Å²) < 4.78 is 4.56. The molecular formula is C21H19N3O2. The second kappa shape index (κ2) is 5.21. The van der Waals surface area contributed by atoms with Crippen LogP contribution in [0.25, 0.3) is 0 Å². The molecule has 2 aliphatic rings. The van der Waals surface area contributed by atoms with Crippen molar-refractivity contribution in [2.45, 2.75) is 24.4 Å². The summed E-state index contributed by atoms with van der Waals surface area (Å²) in [5.41, 5.74) is 1.83. The lowest BCUT2D eigenvalue weighted by Gasteiger charge is -2.32. The van der Waals surface area contributed by atoms with E-state index < -0.39 is 5.54 Å². The lowest BCUT2D eigenvalue weighted by molar-refractivity contribution is 0.420. The van der Waals surface area contributed by atoms with Crippen LogP contribution in [-0.4, -0.2) is 13.9 Å². The van der Waals surface area contributed by atoms with Gasteiger partial charge in [0.15, 0.2) is 0 Å². The van der Waals surface area contributed by atoms with Gasteiger partial charge in [-0.1, -0.05) is 66.7 Å². The Bertz CT molecular complexity index is 1090. The Kier molecular flexibility index (Phi) is 3.04. The second-order valence-electron chi connectivity index (χ2n) is 6.98. The molecule has 2 aromatic carbocycles. The first kappa shape index (κ1) is 15.2. The molecule has 5 heteroatoms. The molecule has 1 unspecified atom stereocenters. The Labute approximate surface area is 150 Å². The summed E-state index contributed by atoms with van der Waals surface area (Å²) in [6, 6.07) is 20.0. The lowest BCUT2D eigenvalue weighted by atomic mass is 9.76. The van der Waals surface area contributed by atoms with E-state index >= 15 is 0 Å². The van der Waals surface area contributed by atoms with Crippen molar-refractivity contribution >= 4 is 0 Å². The van der Waals surface area contributed by atoms with Crippen molar-refractivity contribution in [1.29, 1.82) is 0 Å². The van der Waals surface area contributed by atoms with Crippen LogP contribution in [0.5, 0.6) is 0 Å². The Morgan fingerprint density at radius 2 is 1.46 bits per heavy atom. The van der Waals surface area contributed by atoms with Gasteiger partial charge in [-0.05, 0) is 29.5 Å². The molecule has 5 nitrogen and oxygen atoms in total. The van der Waals surface area contributed by atoms with Crippen LogP contribution in [0, 0.1) is 0 Å². The SMILES string of the molecule is Cn1c(=O)n2n(c1=O)C(c1ccccc1)(c1ccccc1)C1=CCCC12. The summed E-state index contributed by atoms with van der Waals surface area (Å²) in [5, 5.41) is 0. The van der Waals surface area contributed by atoms with Crippen LogP contribution in [-0.2, 0) is 12.6 Å². The fourth-order valence-electron chi connectivity index (χ4n) is 4.69. The van der Waals surface area contributed by atoms with Gasteiger partial charge in [-0.3, -0.25) is 0 Å². The van der Waals surface area contributed by atoms with Gasteiger partial charge in [-0.25, -0.2) is 23.5 Å². The van der Waals surface area contributed by atoms with Gasteiger partial charge in [0.25, 0.3) is 0 Å². The highest BCUT2D eigenvalue weighted by molar-refractivity contribution is 5.52. The molecule has 1 atom stereocenters. The molecule has 0 N–H and O–H groups in total. The van der Waals surface area contributed by atoms with E-state index in [4.69, 9.17) is 0 Å². The molecule has 0 bridgehead atoms. The zero-order valence-corrected chi connectivity index (χ0v) is 14.5. The van der Waals surface area contributed by atoms with Gasteiger partial charge in [0, 0.05) is 7.05 Å². The van der Waals surface area contributed by atoms with Crippen LogP contribution in [0.3, 0.4) is 0 Å². The minimum Gasteiger partial charge on any atom is -0.246 e. The summed E-state index contributed by atoms with van der Waals surface area (Å²) in [6.07, 6.45) is 3.97. The van der Waals surface area contributed by atoms with Crippen LogP contribution < -0.4 is 11.4 Å². The van der Waals surface area contributed by atoms with Crippen molar-refractivity contribution in [3.63, 3.8) is 0 Å². The highest BCUT2D eigenvalue weighted by Crippen LogP contribution is 2.52.